The number of hydrogen-bond donors (Lipinski definition) is 3. The Hall–Kier alpha value is -2.90. The molecule has 28 heavy (non-hydrogen) atoms. The number of amides is 3. The molecule has 0 aliphatic rings. The minimum Gasteiger partial charge on any atom is -0.325 e. The molecular formula is C20H19ClN4O2S. The average molecular weight is 415 g/mol. The Morgan fingerprint density at radius 2 is 1.89 bits per heavy atom. The van der Waals surface area contributed by atoms with Gasteiger partial charge in [-0.2, -0.15) is 0 Å². The van der Waals surface area contributed by atoms with Crippen LogP contribution in [0.1, 0.15) is 16.8 Å². The van der Waals surface area contributed by atoms with Crippen molar-refractivity contribution in [2.75, 3.05) is 16.0 Å². The molecule has 1 aromatic heterocycles. The van der Waals surface area contributed by atoms with Gasteiger partial charge in [-0.1, -0.05) is 29.8 Å². The molecule has 0 aliphatic heterocycles. The Labute approximate surface area is 172 Å². The molecule has 0 saturated carbocycles. The SMILES string of the molecule is Cc1ccc(C)c(NC(=O)Cc2csc(NC(=O)Nc3cccc(Cl)c3)n2)c1. The molecule has 6 nitrogen and oxygen atoms in total. The van der Waals surface area contributed by atoms with Crippen LogP contribution in [-0.4, -0.2) is 16.9 Å². The van der Waals surface area contributed by atoms with Crippen LogP contribution >= 0.6 is 22.9 Å². The van der Waals surface area contributed by atoms with Crippen molar-refractivity contribution in [1.82, 2.24) is 4.98 Å². The maximum Gasteiger partial charge on any atom is 0.325 e. The number of aryl methyl sites for hydroxylation is 2. The number of aromatic nitrogens is 1. The minimum absolute atomic E-state index is 0.126. The Balaban J connectivity index is 1.55. The number of benzene rings is 2. The first-order valence-electron chi connectivity index (χ1n) is 8.54. The van der Waals surface area contributed by atoms with Gasteiger partial charge in [-0.25, -0.2) is 9.78 Å². The summed E-state index contributed by atoms with van der Waals surface area (Å²) in [4.78, 5) is 28.6. The lowest BCUT2D eigenvalue weighted by Gasteiger charge is -2.08. The molecule has 0 saturated heterocycles. The molecule has 0 radical (unpaired) electrons. The third kappa shape index (κ3) is 5.55. The number of urea groups is 1. The van der Waals surface area contributed by atoms with Crippen LogP contribution in [0.4, 0.5) is 21.3 Å². The Morgan fingerprint density at radius 1 is 1.07 bits per heavy atom. The maximum atomic E-state index is 12.3. The van der Waals surface area contributed by atoms with E-state index in [1.54, 1.807) is 29.6 Å². The van der Waals surface area contributed by atoms with E-state index in [-0.39, 0.29) is 12.3 Å². The second-order valence-electron chi connectivity index (χ2n) is 6.28. The van der Waals surface area contributed by atoms with Crippen LogP contribution in [0.15, 0.2) is 47.8 Å². The van der Waals surface area contributed by atoms with Gasteiger partial charge in [0.15, 0.2) is 5.13 Å². The summed E-state index contributed by atoms with van der Waals surface area (Å²) in [5, 5.41) is 10.9. The predicted molar refractivity (Wildman–Crippen MR) is 114 cm³/mol. The largest absolute Gasteiger partial charge is 0.325 e. The normalized spacial score (nSPS) is 10.4. The van der Waals surface area contributed by atoms with Crippen LogP contribution in [0.5, 0.6) is 0 Å². The highest BCUT2D eigenvalue weighted by molar-refractivity contribution is 7.14. The van der Waals surface area contributed by atoms with Crippen LogP contribution < -0.4 is 16.0 Å². The average Bonchev–Trinajstić information content (AvgIpc) is 3.04. The van der Waals surface area contributed by atoms with Gasteiger partial charge in [-0.15, -0.1) is 11.3 Å². The van der Waals surface area contributed by atoms with Gasteiger partial charge in [-0.3, -0.25) is 10.1 Å². The summed E-state index contributed by atoms with van der Waals surface area (Å²) in [6.45, 7) is 3.92. The first kappa shape index (κ1) is 19.9. The molecule has 3 rings (SSSR count). The van der Waals surface area contributed by atoms with Gasteiger partial charge < -0.3 is 10.6 Å². The molecule has 0 aliphatic carbocycles. The Kier molecular flexibility index (Phi) is 6.28. The van der Waals surface area contributed by atoms with Crippen LogP contribution in [0.3, 0.4) is 0 Å². The Bertz CT molecular complexity index is 1020. The molecule has 0 bridgehead atoms. The van der Waals surface area contributed by atoms with Gasteiger partial charge in [0, 0.05) is 21.8 Å². The van der Waals surface area contributed by atoms with Crippen molar-refractivity contribution in [1.29, 1.82) is 0 Å². The second kappa shape index (κ2) is 8.86. The molecule has 3 amide bonds. The fraction of sp³-hybridized carbons (Fsp3) is 0.150. The van der Waals surface area contributed by atoms with Gasteiger partial charge >= 0.3 is 6.03 Å². The second-order valence-corrected chi connectivity index (χ2v) is 7.57. The smallest absolute Gasteiger partial charge is 0.325 e. The topological polar surface area (TPSA) is 83.1 Å². The van der Waals surface area contributed by atoms with Crippen LogP contribution in [0, 0.1) is 13.8 Å². The zero-order valence-corrected chi connectivity index (χ0v) is 16.9. The first-order chi connectivity index (χ1) is 13.4. The quantitative estimate of drug-likeness (QED) is 0.534. The highest BCUT2D eigenvalue weighted by Gasteiger charge is 2.11. The number of nitrogens with one attached hydrogen (secondary N) is 3. The summed E-state index contributed by atoms with van der Waals surface area (Å²) in [6.07, 6.45) is 0.126. The zero-order valence-electron chi connectivity index (χ0n) is 15.4. The zero-order chi connectivity index (χ0) is 20.1. The van der Waals surface area contributed by atoms with Gasteiger partial charge in [0.2, 0.25) is 5.91 Å². The molecule has 0 atom stereocenters. The fourth-order valence-corrected chi connectivity index (χ4v) is 3.40. The molecule has 1 heterocycles. The lowest BCUT2D eigenvalue weighted by atomic mass is 10.1. The van der Waals surface area contributed by atoms with Gasteiger partial charge in [0.25, 0.3) is 0 Å². The summed E-state index contributed by atoms with van der Waals surface area (Å²) in [5.74, 6) is -0.158. The predicted octanol–water partition coefficient (Wildman–Crippen LogP) is 5.24. The van der Waals surface area contributed by atoms with Crippen molar-refractivity contribution in [3.63, 3.8) is 0 Å². The van der Waals surface area contributed by atoms with E-state index in [2.05, 4.69) is 20.9 Å². The standard InChI is InChI=1S/C20H19ClN4O2S/c1-12-6-7-13(2)17(8-12)24-18(26)10-16-11-28-20(23-16)25-19(27)22-15-5-3-4-14(21)9-15/h3-9,11H,10H2,1-2H3,(H,24,26)(H2,22,23,25,27). The van der Waals surface area contributed by atoms with E-state index in [1.807, 2.05) is 32.0 Å². The number of halogens is 1. The molecule has 0 spiro atoms. The van der Waals surface area contributed by atoms with E-state index in [0.29, 0.717) is 21.5 Å². The van der Waals surface area contributed by atoms with E-state index in [4.69, 9.17) is 11.6 Å². The van der Waals surface area contributed by atoms with Crippen LogP contribution in [-0.2, 0) is 11.2 Å². The third-order valence-electron chi connectivity index (χ3n) is 3.86. The van der Waals surface area contributed by atoms with Crippen molar-refractivity contribution < 1.29 is 9.59 Å². The summed E-state index contributed by atoms with van der Waals surface area (Å²) >= 11 is 7.15. The van der Waals surface area contributed by atoms with E-state index in [9.17, 15) is 9.59 Å². The lowest BCUT2D eigenvalue weighted by molar-refractivity contribution is -0.115. The number of carbonyl (C=O) groups is 2. The molecule has 2 aromatic carbocycles. The number of anilines is 3. The first-order valence-corrected chi connectivity index (χ1v) is 9.80. The van der Waals surface area contributed by atoms with Gasteiger partial charge in [0.1, 0.15) is 0 Å². The highest BCUT2D eigenvalue weighted by atomic mass is 35.5. The van der Waals surface area contributed by atoms with Crippen molar-refractivity contribution >= 4 is 51.4 Å². The van der Waals surface area contributed by atoms with E-state index < -0.39 is 6.03 Å². The third-order valence-corrected chi connectivity index (χ3v) is 4.91. The molecule has 8 heteroatoms. The molecule has 0 fully saturated rings. The highest BCUT2D eigenvalue weighted by Crippen LogP contribution is 2.20. The number of nitrogens with zero attached hydrogens (tertiary/aromatic N) is 1. The van der Waals surface area contributed by atoms with Gasteiger partial charge in [-0.05, 0) is 49.2 Å². The molecule has 144 valence electrons. The van der Waals surface area contributed by atoms with Crippen LogP contribution in [0.2, 0.25) is 5.02 Å². The molecule has 0 unspecified atom stereocenters. The maximum absolute atomic E-state index is 12.3. The number of thiazole rings is 1. The van der Waals surface area contributed by atoms with E-state index >= 15 is 0 Å². The molecule has 3 N–H and O–H groups in total. The number of hydrogen-bond acceptors (Lipinski definition) is 4. The molecule has 3 aromatic rings. The molecular weight excluding hydrogens is 396 g/mol. The van der Waals surface area contributed by atoms with Crippen molar-refractivity contribution in [3.8, 4) is 0 Å². The van der Waals surface area contributed by atoms with Gasteiger partial charge in [0.05, 0.1) is 12.1 Å². The number of rotatable bonds is 5. The van der Waals surface area contributed by atoms with Crippen molar-refractivity contribution in [2.45, 2.75) is 20.3 Å². The Morgan fingerprint density at radius 3 is 2.68 bits per heavy atom. The van der Waals surface area contributed by atoms with E-state index in [1.165, 1.54) is 11.3 Å². The monoisotopic (exact) mass is 414 g/mol. The fourth-order valence-electron chi connectivity index (χ4n) is 2.50. The number of carbonyl (C=O) groups excluding carboxylic acids is 2. The summed E-state index contributed by atoms with van der Waals surface area (Å²) in [5.41, 5.74) is 4.03. The summed E-state index contributed by atoms with van der Waals surface area (Å²) in [7, 11) is 0. The van der Waals surface area contributed by atoms with Crippen molar-refractivity contribution in [3.05, 3.63) is 69.7 Å². The van der Waals surface area contributed by atoms with E-state index in [0.717, 1.165) is 16.8 Å². The van der Waals surface area contributed by atoms with Crippen LogP contribution in [0.25, 0.3) is 0 Å². The minimum atomic E-state index is -0.428. The lowest BCUT2D eigenvalue weighted by Crippen LogP contribution is -2.19. The van der Waals surface area contributed by atoms with Crippen molar-refractivity contribution in [2.24, 2.45) is 0 Å². The summed E-state index contributed by atoms with van der Waals surface area (Å²) in [6, 6.07) is 12.3. The summed E-state index contributed by atoms with van der Waals surface area (Å²) < 4.78 is 0.